The Morgan fingerprint density at radius 1 is 1.29 bits per heavy atom. The minimum atomic E-state index is 0.000139. The van der Waals surface area contributed by atoms with Gasteiger partial charge in [-0.25, -0.2) is 9.97 Å². The van der Waals surface area contributed by atoms with E-state index in [1.165, 1.54) is 6.33 Å². The first-order valence-corrected chi connectivity index (χ1v) is 5.18. The Hall–Kier alpha value is -0.900. The van der Waals surface area contributed by atoms with E-state index in [2.05, 4.69) is 46.7 Å². The molecule has 0 bridgehead atoms. The molecule has 2 rings (SSSR count). The van der Waals surface area contributed by atoms with Crippen molar-refractivity contribution >= 4 is 27.0 Å². The van der Waals surface area contributed by atoms with Gasteiger partial charge in [0.05, 0.1) is 5.39 Å². The first-order valence-electron chi connectivity index (χ1n) is 4.39. The number of halogens is 1. The third-order valence-electron chi connectivity index (χ3n) is 2.02. The van der Waals surface area contributed by atoms with Crippen LogP contribution in [0.3, 0.4) is 0 Å². The molecular formula is C10H11BrN2O. The van der Waals surface area contributed by atoms with Gasteiger partial charge in [0.2, 0.25) is 5.71 Å². The van der Waals surface area contributed by atoms with E-state index in [4.69, 9.17) is 4.42 Å². The molecule has 0 N–H and O–H groups in total. The zero-order valence-corrected chi connectivity index (χ0v) is 9.92. The van der Waals surface area contributed by atoms with Gasteiger partial charge >= 0.3 is 0 Å². The van der Waals surface area contributed by atoms with E-state index in [0.29, 0.717) is 5.71 Å². The van der Waals surface area contributed by atoms with E-state index in [0.717, 1.165) is 15.7 Å². The summed E-state index contributed by atoms with van der Waals surface area (Å²) in [6.07, 6.45) is 1.49. The molecule has 74 valence electrons. The van der Waals surface area contributed by atoms with Crippen molar-refractivity contribution in [3.63, 3.8) is 0 Å². The Morgan fingerprint density at radius 3 is 2.57 bits per heavy atom. The number of fused-ring (bicyclic) bond motifs is 1. The van der Waals surface area contributed by atoms with Crippen molar-refractivity contribution in [2.75, 3.05) is 0 Å². The van der Waals surface area contributed by atoms with Crippen molar-refractivity contribution in [3.05, 3.63) is 22.8 Å². The Labute approximate surface area is 90.7 Å². The number of hydrogen-bond acceptors (Lipinski definition) is 3. The molecule has 2 heterocycles. The van der Waals surface area contributed by atoms with Crippen LogP contribution in [0.15, 0.2) is 21.4 Å². The molecule has 4 heteroatoms. The molecule has 0 aliphatic rings. The van der Waals surface area contributed by atoms with Crippen LogP contribution in [0.25, 0.3) is 11.1 Å². The number of aromatic nitrogens is 2. The van der Waals surface area contributed by atoms with Gasteiger partial charge in [0.15, 0.2) is 0 Å². The van der Waals surface area contributed by atoms with Crippen molar-refractivity contribution in [3.8, 4) is 0 Å². The summed E-state index contributed by atoms with van der Waals surface area (Å²) in [6, 6.07) is 1.99. The highest BCUT2D eigenvalue weighted by molar-refractivity contribution is 9.10. The van der Waals surface area contributed by atoms with Gasteiger partial charge in [-0.3, -0.25) is 0 Å². The Balaban J connectivity index is 2.69. The van der Waals surface area contributed by atoms with E-state index in [1.807, 2.05) is 6.07 Å². The average Bonchev–Trinajstić information content (AvgIpc) is 2.48. The molecule has 0 spiro atoms. The molecule has 0 aliphatic carbocycles. The molecule has 3 nitrogen and oxygen atoms in total. The minimum absolute atomic E-state index is 0.000139. The maximum absolute atomic E-state index is 5.63. The maximum Gasteiger partial charge on any atom is 0.230 e. The zero-order valence-electron chi connectivity index (χ0n) is 8.34. The SMILES string of the molecule is CC(C)(C)c1cc2c(Br)ncnc2o1. The lowest BCUT2D eigenvalue weighted by Crippen LogP contribution is -2.08. The Bertz CT molecular complexity index is 470. The zero-order chi connectivity index (χ0) is 10.3. The lowest BCUT2D eigenvalue weighted by molar-refractivity contribution is 0.426. The van der Waals surface area contributed by atoms with Crippen LogP contribution in [-0.2, 0) is 5.41 Å². The molecule has 0 saturated carbocycles. The fourth-order valence-electron chi connectivity index (χ4n) is 1.20. The van der Waals surface area contributed by atoms with Crippen LogP contribution in [0, 0.1) is 0 Å². The highest BCUT2D eigenvalue weighted by Gasteiger charge is 2.20. The highest BCUT2D eigenvalue weighted by Crippen LogP contribution is 2.30. The fraction of sp³-hybridized carbons (Fsp3) is 0.400. The summed E-state index contributed by atoms with van der Waals surface area (Å²) >= 11 is 3.37. The van der Waals surface area contributed by atoms with Gasteiger partial charge in [0.1, 0.15) is 16.7 Å². The summed E-state index contributed by atoms with van der Waals surface area (Å²) in [5.41, 5.74) is 0.636. The van der Waals surface area contributed by atoms with Crippen molar-refractivity contribution < 1.29 is 4.42 Å². The van der Waals surface area contributed by atoms with Crippen LogP contribution in [0.2, 0.25) is 0 Å². The number of furan rings is 1. The standard InChI is InChI=1S/C10H11BrN2O/c1-10(2,3)7-4-6-8(11)12-5-13-9(6)14-7/h4-5H,1-3H3. The van der Waals surface area contributed by atoms with E-state index in [-0.39, 0.29) is 5.41 Å². The molecule has 2 aromatic heterocycles. The number of hydrogen-bond donors (Lipinski definition) is 0. The fourth-order valence-corrected chi connectivity index (χ4v) is 1.57. The van der Waals surface area contributed by atoms with Gasteiger partial charge in [-0.1, -0.05) is 20.8 Å². The molecule has 0 fully saturated rings. The van der Waals surface area contributed by atoms with E-state index >= 15 is 0 Å². The average molecular weight is 255 g/mol. The van der Waals surface area contributed by atoms with Crippen molar-refractivity contribution in [2.24, 2.45) is 0 Å². The second-order valence-corrected chi connectivity index (χ2v) is 5.00. The molecule has 0 amide bonds. The number of rotatable bonds is 0. The van der Waals surface area contributed by atoms with Crippen molar-refractivity contribution in [2.45, 2.75) is 26.2 Å². The monoisotopic (exact) mass is 254 g/mol. The molecule has 0 radical (unpaired) electrons. The molecule has 0 atom stereocenters. The molecular weight excluding hydrogens is 244 g/mol. The largest absolute Gasteiger partial charge is 0.442 e. The van der Waals surface area contributed by atoms with Gasteiger partial charge in [-0.2, -0.15) is 0 Å². The van der Waals surface area contributed by atoms with Crippen LogP contribution < -0.4 is 0 Å². The molecule has 14 heavy (non-hydrogen) atoms. The quantitative estimate of drug-likeness (QED) is 0.678. The van der Waals surface area contributed by atoms with Gasteiger partial charge < -0.3 is 4.42 Å². The molecule has 0 aliphatic heterocycles. The van der Waals surface area contributed by atoms with Gasteiger partial charge in [0, 0.05) is 5.41 Å². The lowest BCUT2D eigenvalue weighted by Gasteiger charge is -2.13. The van der Waals surface area contributed by atoms with Gasteiger partial charge in [0.25, 0.3) is 0 Å². The Kier molecular flexibility index (Phi) is 2.10. The number of nitrogens with zero attached hydrogens (tertiary/aromatic N) is 2. The molecule has 2 aromatic rings. The predicted molar refractivity (Wildman–Crippen MR) is 58.2 cm³/mol. The van der Waals surface area contributed by atoms with Crippen LogP contribution in [0.4, 0.5) is 0 Å². The third kappa shape index (κ3) is 1.54. The summed E-state index contributed by atoms with van der Waals surface area (Å²) in [6.45, 7) is 6.31. The summed E-state index contributed by atoms with van der Waals surface area (Å²) in [7, 11) is 0. The second kappa shape index (κ2) is 3.05. The third-order valence-corrected chi connectivity index (χ3v) is 2.65. The predicted octanol–water partition coefficient (Wildman–Crippen LogP) is 3.28. The molecule has 0 saturated heterocycles. The summed E-state index contributed by atoms with van der Waals surface area (Å²) < 4.78 is 6.41. The summed E-state index contributed by atoms with van der Waals surface area (Å²) in [4.78, 5) is 8.12. The van der Waals surface area contributed by atoms with Gasteiger partial charge in [-0.15, -0.1) is 0 Å². The Morgan fingerprint density at radius 2 is 2.00 bits per heavy atom. The second-order valence-electron chi connectivity index (χ2n) is 4.24. The first kappa shape index (κ1) is 9.65. The van der Waals surface area contributed by atoms with E-state index in [9.17, 15) is 0 Å². The van der Waals surface area contributed by atoms with E-state index < -0.39 is 0 Å². The summed E-state index contributed by atoms with van der Waals surface area (Å²) in [5.74, 6) is 0.925. The van der Waals surface area contributed by atoms with Crippen molar-refractivity contribution in [1.82, 2.24) is 9.97 Å². The smallest absolute Gasteiger partial charge is 0.230 e. The first-order chi connectivity index (χ1) is 6.48. The highest BCUT2D eigenvalue weighted by atomic mass is 79.9. The van der Waals surface area contributed by atoms with Crippen LogP contribution in [0.5, 0.6) is 0 Å². The van der Waals surface area contributed by atoms with Crippen molar-refractivity contribution in [1.29, 1.82) is 0 Å². The van der Waals surface area contributed by atoms with Crippen LogP contribution >= 0.6 is 15.9 Å². The van der Waals surface area contributed by atoms with Crippen LogP contribution in [-0.4, -0.2) is 9.97 Å². The topological polar surface area (TPSA) is 38.9 Å². The lowest BCUT2D eigenvalue weighted by atomic mass is 9.93. The van der Waals surface area contributed by atoms with Gasteiger partial charge in [-0.05, 0) is 22.0 Å². The molecule has 0 aromatic carbocycles. The normalized spacial score (nSPS) is 12.3. The van der Waals surface area contributed by atoms with E-state index in [1.54, 1.807) is 0 Å². The molecule has 0 unspecified atom stereocenters. The summed E-state index contributed by atoms with van der Waals surface area (Å²) in [5, 5.41) is 0.928. The minimum Gasteiger partial charge on any atom is -0.442 e. The van der Waals surface area contributed by atoms with Crippen LogP contribution in [0.1, 0.15) is 26.5 Å². The maximum atomic E-state index is 5.63.